The summed E-state index contributed by atoms with van der Waals surface area (Å²) in [6.07, 6.45) is 0. The molecule has 1 heterocycles. The fraction of sp³-hybridized carbons (Fsp3) is 0.211. The van der Waals surface area contributed by atoms with E-state index in [1.807, 2.05) is 26.0 Å². The minimum atomic E-state index is -0.560. The Hall–Kier alpha value is -2.95. The van der Waals surface area contributed by atoms with E-state index in [0.717, 1.165) is 5.39 Å². The molecule has 0 saturated carbocycles. The smallest absolute Gasteiger partial charge is 0.380 e. The Bertz CT molecular complexity index is 879. The van der Waals surface area contributed by atoms with Crippen LogP contribution in [0.25, 0.3) is 11.0 Å². The first-order valence-corrected chi connectivity index (χ1v) is 7.65. The highest BCUT2D eigenvalue weighted by Gasteiger charge is 2.21. The van der Waals surface area contributed by atoms with Gasteiger partial charge in [0.05, 0.1) is 13.7 Å². The number of ether oxygens (including phenoxy) is 3. The number of benzene rings is 2. The lowest BCUT2D eigenvalue weighted by molar-refractivity contribution is 0.0696. The quantitative estimate of drug-likeness (QED) is 0.515. The lowest BCUT2D eigenvalue weighted by atomic mass is 10.1. The van der Waals surface area contributed by atoms with Crippen LogP contribution >= 0.6 is 0 Å². The van der Waals surface area contributed by atoms with Crippen LogP contribution < -0.4 is 14.2 Å². The SMILES string of the molecule is CCOc1ccccc1OC(=O)c1oc2ccc(OC)cc2c1C. The maximum atomic E-state index is 12.5. The first-order chi connectivity index (χ1) is 11.6. The molecule has 5 nitrogen and oxygen atoms in total. The van der Waals surface area contributed by atoms with Crippen LogP contribution in [-0.2, 0) is 0 Å². The summed E-state index contributed by atoms with van der Waals surface area (Å²) in [6.45, 7) is 4.17. The molecule has 124 valence electrons. The molecule has 24 heavy (non-hydrogen) atoms. The van der Waals surface area contributed by atoms with Crippen LogP contribution in [0.3, 0.4) is 0 Å². The fourth-order valence-corrected chi connectivity index (χ4v) is 2.48. The van der Waals surface area contributed by atoms with Crippen molar-refractivity contribution in [1.29, 1.82) is 0 Å². The third kappa shape index (κ3) is 2.93. The summed E-state index contributed by atoms with van der Waals surface area (Å²) in [5.41, 5.74) is 1.32. The van der Waals surface area contributed by atoms with Crippen LogP contribution in [0.4, 0.5) is 0 Å². The number of furan rings is 1. The van der Waals surface area contributed by atoms with E-state index < -0.39 is 5.97 Å². The predicted octanol–water partition coefficient (Wildman–Crippen LogP) is 4.37. The number of para-hydroxylation sites is 2. The zero-order chi connectivity index (χ0) is 17.1. The Balaban J connectivity index is 1.93. The highest BCUT2D eigenvalue weighted by Crippen LogP contribution is 2.31. The minimum absolute atomic E-state index is 0.171. The first kappa shape index (κ1) is 15.9. The van der Waals surface area contributed by atoms with Gasteiger partial charge in [0.2, 0.25) is 5.76 Å². The van der Waals surface area contributed by atoms with Crippen molar-refractivity contribution in [2.45, 2.75) is 13.8 Å². The van der Waals surface area contributed by atoms with Gasteiger partial charge in [-0.3, -0.25) is 0 Å². The minimum Gasteiger partial charge on any atom is -0.497 e. The Morgan fingerprint density at radius 2 is 1.88 bits per heavy atom. The van der Waals surface area contributed by atoms with Crippen LogP contribution in [0.1, 0.15) is 23.0 Å². The molecule has 0 aliphatic rings. The van der Waals surface area contributed by atoms with Gasteiger partial charge in [-0.05, 0) is 44.2 Å². The number of aryl methyl sites for hydroxylation is 1. The highest BCUT2D eigenvalue weighted by atomic mass is 16.6. The predicted molar refractivity (Wildman–Crippen MR) is 90.1 cm³/mol. The molecule has 0 aliphatic heterocycles. The molecule has 2 aromatic carbocycles. The number of methoxy groups -OCH3 is 1. The maximum absolute atomic E-state index is 12.5. The van der Waals surface area contributed by atoms with Crippen molar-refractivity contribution in [3.8, 4) is 17.2 Å². The van der Waals surface area contributed by atoms with E-state index in [1.54, 1.807) is 37.4 Å². The summed E-state index contributed by atoms with van der Waals surface area (Å²) in [5, 5.41) is 0.819. The normalized spacial score (nSPS) is 10.6. The number of carbonyl (C=O) groups excluding carboxylic acids is 1. The molecule has 0 saturated heterocycles. The van der Waals surface area contributed by atoms with Crippen molar-refractivity contribution in [3.05, 3.63) is 53.8 Å². The monoisotopic (exact) mass is 326 g/mol. The average Bonchev–Trinajstić information content (AvgIpc) is 2.93. The lowest BCUT2D eigenvalue weighted by Crippen LogP contribution is -2.09. The summed E-state index contributed by atoms with van der Waals surface area (Å²) in [7, 11) is 1.59. The number of carbonyl (C=O) groups is 1. The van der Waals surface area contributed by atoms with Crippen LogP contribution in [0, 0.1) is 6.92 Å². The van der Waals surface area contributed by atoms with Gasteiger partial charge in [-0.2, -0.15) is 0 Å². The van der Waals surface area contributed by atoms with E-state index >= 15 is 0 Å². The van der Waals surface area contributed by atoms with Gasteiger partial charge < -0.3 is 18.6 Å². The molecule has 0 amide bonds. The van der Waals surface area contributed by atoms with Crippen LogP contribution in [0.15, 0.2) is 46.9 Å². The molecular weight excluding hydrogens is 308 g/mol. The van der Waals surface area contributed by atoms with E-state index in [-0.39, 0.29) is 5.76 Å². The molecule has 0 unspecified atom stereocenters. The number of fused-ring (bicyclic) bond motifs is 1. The first-order valence-electron chi connectivity index (χ1n) is 7.65. The molecule has 1 aromatic heterocycles. The third-order valence-corrected chi connectivity index (χ3v) is 3.68. The van der Waals surface area contributed by atoms with E-state index in [0.29, 0.717) is 35.0 Å². The summed E-state index contributed by atoms with van der Waals surface area (Å²) in [5.74, 6) is 1.19. The Kier molecular flexibility index (Phi) is 4.42. The van der Waals surface area contributed by atoms with Crippen molar-refractivity contribution in [2.24, 2.45) is 0 Å². The number of hydrogen-bond donors (Lipinski definition) is 0. The molecule has 0 radical (unpaired) electrons. The van der Waals surface area contributed by atoms with Crippen LogP contribution in [-0.4, -0.2) is 19.7 Å². The Morgan fingerprint density at radius 3 is 2.58 bits per heavy atom. The molecule has 3 rings (SSSR count). The zero-order valence-electron chi connectivity index (χ0n) is 13.8. The zero-order valence-corrected chi connectivity index (χ0v) is 13.8. The Morgan fingerprint density at radius 1 is 1.12 bits per heavy atom. The summed E-state index contributed by atoms with van der Waals surface area (Å²) in [6, 6.07) is 12.4. The molecular formula is C19H18O5. The van der Waals surface area contributed by atoms with Gasteiger partial charge >= 0.3 is 5.97 Å². The molecule has 0 spiro atoms. The topological polar surface area (TPSA) is 57.9 Å². The number of rotatable bonds is 5. The van der Waals surface area contributed by atoms with Crippen LogP contribution in [0.5, 0.6) is 17.2 Å². The second-order valence-electron chi connectivity index (χ2n) is 5.19. The molecule has 0 N–H and O–H groups in total. The van der Waals surface area contributed by atoms with E-state index in [2.05, 4.69) is 0 Å². The maximum Gasteiger partial charge on any atom is 0.380 e. The standard InChI is InChI=1S/C19H18O5/c1-4-22-16-7-5-6-8-17(16)24-19(20)18-12(2)14-11-13(21-3)9-10-15(14)23-18/h5-11H,4H2,1-3H3. The van der Waals surface area contributed by atoms with Crippen molar-refractivity contribution in [3.63, 3.8) is 0 Å². The fourth-order valence-electron chi connectivity index (χ4n) is 2.48. The summed E-state index contributed by atoms with van der Waals surface area (Å²) in [4.78, 5) is 12.5. The second kappa shape index (κ2) is 6.66. The van der Waals surface area contributed by atoms with Crippen molar-refractivity contribution in [2.75, 3.05) is 13.7 Å². The largest absolute Gasteiger partial charge is 0.497 e. The van der Waals surface area contributed by atoms with Crippen molar-refractivity contribution in [1.82, 2.24) is 0 Å². The lowest BCUT2D eigenvalue weighted by Gasteiger charge is -2.09. The van der Waals surface area contributed by atoms with Gasteiger partial charge in [-0.25, -0.2) is 4.79 Å². The summed E-state index contributed by atoms with van der Waals surface area (Å²) >= 11 is 0. The highest BCUT2D eigenvalue weighted by molar-refractivity contribution is 5.97. The number of esters is 1. The van der Waals surface area contributed by atoms with Gasteiger partial charge in [0, 0.05) is 10.9 Å². The van der Waals surface area contributed by atoms with Crippen molar-refractivity contribution < 1.29 is 23.4 Å². The summed E-state index contributed by atoms with van der Waals surface area (Å²) < 4.78 is 21.8. The second-order valence-corrected chi connectivity index (χ2v) is 5.19. The van der Waals surface area contributed by atoms with Crippen LogP contribution in [0.2, 0.25) is 0 Å². The van der Waals surface area contributed by atoms with Gasteiger partial charge in [0.25, 0.3) is 0 Å². The van der Waals surface area contributed by atoms with E-state index in [4.69, 9.17) is 18.6 Å². The van der Waals surface area contributed by atoms with Crippen molar-refractivity contribution >= 4 is 16.9 Å². The van der Waals surface area contributed by atoms with Gasteiger partial charge in [-0.15, -0.1) is 0 Å². The third-order valence-electron chi connectivity index (χ3n) is 3.68. The molecule has 0 aliphatic carbocycles. The Labute approximate surface area is 139 Å². The van der Waals surface area contributed by atoms with E-state index in [1.165, 1.54) is 0 Å². The molecule has 0 fully saturated rings. The molecule has 3 aromatic rings. The molecule has 0 bridgehead atoms. The van der Waals surface area contributed by atoms with Gasteiger partial charge in [-0.1, -0.05) is 12.1 Å². The average molecular weight is 326 g/mol. The molecule has 5 heteroatoms. The van der Waals surface area contributed by atoms with E-state index in [9.17, 15) is 4.79 Å². The van der Waals surface area contributed by atoms with Gasteiger partial charge in [0.15, 0.2) is 11.5 Å². The van der Waals surface area contributed by atoms with Gasteiger partial charge in [0.1, 0.15) is 11.3 Å². The molecule has 0 atom stereocenters. The number of hydrogen-bond acceptors (Lipinski definition) is 5.